The standard InChI is InChI=1S/C23H25N5O4/c1-16-18(15-25-23(26-16)24-14-17-6-3-4-7-19(17)31-2)21(29)27-9-11-28(12-10-27)22(30)20-8-5-13-32-20/h3-8,13,15H,9-12,14H2,1-2H3,(H,24,25,26). The highest BCUT2D eigenvalue weighted by molar-refractivity contribution is 5.95. The Kier molecular flexibility index (Phi) is 6.34. The number of rotatable bonds is 6. The highest BCUT2D eigenvalue weighted by Gasteiger charge is 2.27. The van der Waals surface area contributed by atoms with Crippen molar-refractivity contribution in [1.82, 2.24) is 19.8 Å². The highest BCUT2D eigenvalue weighted by atomic mass is 16.5. The second-order valence-corrected chi connectivity index (χ2v) is 7.42. The van der Waals surface area contributed by atoms with Crippen LogP contribution in [0.5, 0.6) is 5.75 Å². The minimum absolute atomic E-state index is 0.135. The second kappa shape index (κ2) is 9.51. The van der Waals surface area contributed by atoms with E-state index in [9.17, 15) is 9.59 Å². The van der Waals surface area contributed by atoms with Gasteiger partial charge in [0.25, 0.3) is 11.8 Å². The number of aromatic nitrogens is 2. The van der Waals surface area contributed by atoms with E-state index in [1.54, 1.807) is 42.2 Å². The lowest BCUT2D eigenvalue weighted by Gasteiger charge is -2.34. The van der Waals surface area contributed by atoms with Crippen molar-refractivity contribution in [2.45, 2.75) is 13.5 Å². The number of benzene rings is 1. The van der Waals surface area contributed by atoms with Crippen molar-refractivity contribution in [1.29, 1.82) is 0 Å². The van der Waals surface area contributed by atoms with Crippen LogP contribution in [0.4, 0.5) is 5.95 Å². The van der Waals surface area contributed by atoms with Gasteiger partial charge in [-0.15, -0.1) is 0 Å². The molecule has 166 valence electrons. The topological polar surface area (TPSA) is 101 Å². The molecule has 0 aliphatic carbocycles. The van der Waals surface area contributed by atoms with Crippen LogP contribution in [0.25, 0.3) is 0 Å². The van der Waals surface area contributed by atoms with Crippen molar-refractivity contribution in [3.63, 3.8) is 0 Å². The predicted molar refractivity (Wildman–Crippen MR) is 118 cm³/mol. The molecule has 0 spiro atoms. The molecule has 9 heteroatoms. The summed E-state index contributed by atoms with van der Waals surface area (Å²) in [7, 11) is 1.63. The lowest BCUT2D eigenvalue weighted by atomic mass is 10.2. The Morgan fingerprint density at radius 3 is 2.44 bits per heavy atom. The van der Waals surface area contributed by atoms with E-state index in [0.717, 1.165) is 11.3 Å². The fraction of sp³-hybridized carbons (Fsp3) is 0.304. The summed E-state index contributed by atoms with van der Waals surface area (Å²) in [5.74, 6) is 1.24. The zero-order valence-electron chi connectivity index (χ0n) is 18.1. The van der Waals surface area contributed by atoms with E-state index in [4.69, 9.17) is 9.15 Å². The average molecular weight is 435 g/mol. The first-order valence-corrected chi connectivity index (χ1v) is 10.4. The van der Waals surface area contributed by atoms with Gasteiger partial charge in [-0.2, -0.15) is 0 Å². The van der Waals surface area contributed by atoms with Crippen LogP contribution in [0.2, 0.25) is 0 Å². The first-order valence-electron chi connectivity index (χ1n) is 10.4. The molecule has 9 nitrogen and oxygen atoms in total. The van der Waals surface area contributed by atoms with Crippen LogP contribution < -0.4 is 10.1 Å². The highest BCUT2D eigenvalue weighted by Crippen LogP contribution is 2.19. The zero-order chi connectivity index (χ0) is 22.5. The van der Waals surface area contributed by atoms with Crippen molar-refractivity contribution in [3.05, 3.63) is 71.4 Å². The smallest absolute Gasteiger partial charge is 0.289 e. The normalized spacial score (nSPS) is 13.7. The molecule has 0 saturated carbocycles. The maximum atomic E-state index is 13.0. The third-order valence-electron chi connectivity index (χ3n) is 5.43. The maximum Gasteiger partial charge on any atom is 0.289 e. The molecule has 1 saturated heterocycles. The van der Waals surface area contributed by atoms with E-state index in [0.29, 0.717) is 55.7 Å². The minimum Gasteiger partial charge on any atom is -0.496 e. The first-order chi connectivity index (χ1) is 15.6. The van der Waals surface area contributed by atoms with Crippen molar-refractivity contribution in [2.75, 3.05) is 38.6 Å². The number of nitrogens with one attached hydrogen (secondary N) is 1. The van der Waals surface area contributed by atoms with Crippen molar-refractivity contribution in [3.8, 4) is 5.75 Å². The van der Waals surface area contributed by atoms with Gasteiger partial charge < -0.3 is 24.3 Å². The number of carbonyl (C=O) groups is 2. The number of methoxy groups -OCH3 is 1. The molecular formula is C23H25N5O4. The third-order valence-corrected chi connectivity index (χ3v) is 5.43. The van der Waals surface area contributed by atoms with Gasteiger partial charge in [0.2, 0.25) is 5.95 Å². The van der Waals surface area contributed by atoms with Crippen LogP contribution in [-0.4, -0.2) is 64.9 Å². The number of nitrogens with zero attached hydrogens (tertiary/aromatic N) is 4. The molecule has 1 fully saturated rings. The second-order valence-electron chi connectivity index (χ2n) is 7.42. The predicted octanol–water partition coefficient (Wildman–Crippen LogP) is 2.60. The van der Waals surface area contributed by atoms with Crippen LogP contribution >= 0.6 is 0 Å². The number of ether oxygens (including phenoxy) is 1. The van der Waals surface area contributed by atoms with Gasteiger partial charge >= 0.3 is 0 Å². The first kappa shape index (κ1) is 21.4. The monoisotopic (exact) mass is 435 g/mol. The van der Waals surface area contributed by atoms with Crippen molar-refractivity contribution >= 4 is 17.8 Å². The van der Waals surface area contributed by atoms with Gasteiger partial charge in [0, 0.05) is 44.5 Å². The number of hydrogen-bond acceptors (Lipinski definition) is 7. The molecule has 4 rings (SSSR count). The minimum atomic E-state index is -0.160. The quantitative estimate of drug-likeness (QED) is 0.635. The van der Waals surface area contributed by atoms with Gasteiger partial charge in [0.15, 0.2) is 5.76 Å². The number of amides is 2. The maximum absolute atomic E-state index is 13.0. The van der Waals surface area contributed by atoms with Gasteiger partial charge in [0.1, 0.15) is 5.75 Å². The molecular weight excluding hydrogens is 410 g/mol. The Labute approximate surface area is 186 Å². The van der Waals surface area contributed by atoms with Crippen molar-refractivity contribution in [2.24, 2.45) is 0 Å². The lowest BCUT2D eigenvalue weighted by Crippen LogP contribution is -2.50. The summed E-state index contributed by atoms with van der Waals surface area (Å²) >= 11 is 0. The van der Waals surface area contributed by atoms with Crippen LogP contribution in [0, 0.1) is 6.92 Å². The molecule has 2 amide bonds. The fourth-order valence-electron chi connectivity index (χ4n) is 3.62. The van der Waals surface area contributed by atoms with Crippen LogP contribution in [0.3, 0.4) is 0 Å². The molecule has 0 unspecified atom stereocenters. The van der Waals surface area contributed by atoms with Gasteiger partial charge in [0.05, 0.1) is 24.6 Å². The number of aryl methyl sites for hydroxylation is 1. The summed E-state index contributed by atoms with van der Waals surface area (Å²) in [5, 5.41) is 3.17. The Bertz CT molecular complexity index is 1090. The van der Waals surface area contributed by atoms with E-state index in [-0.39, 0.29) is 11.8 Å². The molecule has 2 aromatic heterocycles. The fourth-order valence-corrected chi connectivity index (χ4v) is 3.62. The molecule has 3 aromatic rings. The van der Waals surface area contributed by atoms with E-state index >= 15 is 0 Å². The summed E-state index contributed by atoms with van der Waals surface area (Å²) in [4.78, 5) is 37.6. The number of para-hydroxylation sites is 1. The number of furan rings is 1. The van der Waals surface area contributed by atoms with Gasteiger partial charge in [-0.1, -0.05) is 18.2 Å². The molecule has 0 atom stereocenters. The molecule has 32 heavy (non-hydrogen) atoms. The number of anilines is 1. The van der Waals surface area contributed by atoms with E-state index < -0.39 is 0 Å². The Morgan fingerprint density at radius 1 is 1.06 bits per heavy atom. The van der Waals surface area contributed by atoms with Gasteiger partial charge in [-0.05, 0) is 25.1 Å². The van der Waals surface area contributed by atoms with E-state index in [1.165, 1.54) is 6.26 Å². The van der Waals surface area contributed by atoms with E-state index in [1.807, 2.05) is 24.3 Å². The molecule has 1 aliphatic heterocycles. The molecule has 0 radical (unpaired) electrons. The summed E-state index contributed by atoms with van der Waals surface area (Å²) in [5.41, 5.74) is 2.04. The number of hydrogen-bond donors (Lipinski definition) is 1. The molecule has 3 heterocycles. The Balaban J connectivity index is 1.36. The largest absolute Gasteiger partial charge is 0.496 e. The van der Waals surface area contributed by atoms with Crippen molar-refractivity contribution < 1.29 is 18.7 Å². The number of carbonyl (C=O) groups excluding carboxylic acids is 2. The molecule has 0 bridgehead atoms. The third kappa shape index (κ3) is 4.56. The average Bonchev–Trinajstić information content (AvgIpc) is 3.37. The van der Waals surface area contributed by atoms with Gasteiger partial charge in [-0.25, -0.2) is 9.97 Å². The summed E-state index contributed by atoms with van der Waals surface area (Å²) in [6, 6.07) is 11.0. The molecule has 1 N–H and O–H groups in total. The molecule has 1 aromatic carbocycles. The SMILES string of the molecule is COc1ccccc1CNc1ncc(C(=O)N2CCN(C(=O)c3ccco3)CC2)c(C)n1. The van der Waals surface area contributed by atoms with Crippen LogP contribution in [-0.2, 0) is 6.54 Å². The van der Waals surface area contributed by atoms with Crippen LogP contribution in [0.1, 0.15) is 32.2 Å². The zero-order valence-corrected chi connectivity index (χ0v) is 18.1. The van der Waals surface area contributed by atoms with E-state index in [2.05, 4.69) is 15.3 Å². The van der Waals surface area contributed by atoms with Crippen LogP contribution in [0.15, 0.2) is 53.3 Å². The van der Waals surface area contributed by atoms with Gasteiger partial charge in [-0.3, -0.25) is 9.59 Å². The Morgan fingerprint density at radius 2 is 1.78 bits per heavy atom. The summed E-state index contributed by atoms with van der Waals surface area (Å²) in [6.07, 6.45) is 3.03. The molecule has 1 aliphatic rings. The summed E-state index contributed by atoms with van der Waals surface area (Å²) in [6.45, 7) is 4.08. The lowest BCUT2D eigenvalue weighted by molar-refractivity contribution is 0.0517. The number of piperazine rings is 1. The summed E-state index contributed by atoms with van der Waals surface area (Å²) < 4.78 is 10.5. The Hall–Kier alpha value is -3.88.